The van der Waals surface area contributed by atoms with Crippen LogP contribution in [-0.2, 0) is 11.3 Å². The zero-order valence-corrected chi connectivity index (χ0v) is 19.6. The minimum atomic E-state index is -0.281. The van der Waals surface area contributed by atoms with Crippen molar-refractivity contribution in [3.63, 3.8) is 0 Å². The van der Waals surface area contributed by atoms with Crippen molar-refractivity contribution in [2.75, 3.05) is 6.54 Å². The Hall–Kier alpha value is -2.95. The van der Waals surface area contributed by atoms with Crippen molar-refractivity contribution in [1.29, 1.82) is 0 Å². The lowest BCUT2D eigenvalue weighted by Gasteiger charge is -2.31. The summed E-state index contributed by atoms with van der Waals surface area (Å²) < 4.78 is 1.75. The van der Waals surface area contributed by atoms with E-state index in [1.165, 1.54) is 0 Å². The van der Waals surface area contributed by atoms with Crippen LogP contribution in [0.5, 0.6) is 0 Å². The van der Waals surface area contributed by atoms with E-state index < -0.39 is 0 Å². The lowest BCUT2D eigenvalue weighted by Crippen LogP contribution is -2.38. The van der Waals surface area contributed by atoms with Crippen molar-refractivity contribution in [2.45, 2.75) is 71.9 Å². The average Bonchev–Trinajstić information content (AvgIpc) is 2.81. The third kappa shape index (κ3) is 5.64. The second-order valence-corrected chi connectivity index (χ2v) is 8.44. The summed E-state index contributed by atoms with van der Waals surface area (Å²) in [5.41, 5.74) is 1.65. The molecule has 0 aliphatic rings. The molecular formula is C27H35N3O2. The fourth-order valence-electron chi connectivity index (χ4n) is 4.09. The highest BCUT2D eigenvalue weighted by Gasteiger charge is 2.25. The number of rotatable bonds is 11. The van der Waals surface area contributed by atoms with E-state index >= 15 is 0 Å². The minimum absolute atomic E-state index is 0.0600. The van der Waals surface area contributed by atoms with E-state index in [4.69, 9.17) is 4.98 Å². The number of hydrogen-bond donors (Lipinski definition) is 0. The minimum Gasteiger partial charge on any atom is -0.333 e. The Bertz CT molecular complexity index is 1080. The van der Waals surface area contributed by atoms with Gasteiger partial charge in [0.25, 0.3) is 5.56 Å². The topological polar surface area (TPSA) is 55.2 Å². The van der Waals surface area contributed by atoms with Crippen LogP contribution in [0.25, 0.3) is 10.9 Å². The van der Waals surface area contributed by atoms with Crippen LogP contribution in [0.15, 0.2) is 59.4 Å². The van der Waals surface area contributed by atoms with E-state index in [0.717, 1.165) is 37.7 Å². The molecule has 0 aliphatic heterocycles. The van der Waals surface area contributed by atoms with Crippen LogP contribution in [-0.4, -0.2) is 26.9 Å². The van der Waals surface area contributed by atoms with Gasteiger partial charge >= 0.3 is 0 Å². The molecule has 1 aromatic heterocycles. The first kappa shape index (κ1) is 23.7. The van der Waals surface area contributed by atoms with E-state index in [-0.39, 0.29) is 17.5 Å². The summed E-state index contributed by atoms with van der Waals surface area (Å²) in [6, 6.07) is 17.1. The predicted molar refractivity (Wildman–Crippen MR) is 131 cm³/mol. The molecule has 0 aliphatic carbocycles. The number of unbranched alkanes of at least 4 members (excludes halogenated alkanes) is 3. The predicted octanol–water partition coefficient (Wildman–Crippen LogP) is 5.71. The number of nitrogens with zero attached hydrogens (tertiary/aromatic N) is 3. The van der Waals surface area contributed by atoms with Gasteiger partial charge in [0.15, 0.2) is 0 Å². The molecule has 0 bridgehead atoms. The third-order valence-corrected chi connectivity index (χ3v) is 5.98. The highest BCUT2D eigenvalue weighted by molar-refractivity contribution is 5.78. The van der Waals surface area contributed by atoms with Crippen molar-refractivity contribution in [3.05, 3.63) is 76.3 Å². The van der Waals surface area contributed by atoms with Gasteiger partial charge in [-0.05, 0) is 37.5 Å². The maximum absolute atomic E-state index is 13.5. The number of hydrogen-bond acceptors (Lipinski definition) is 3. The molecule has 0 radical (unpaired) electrons. The lowest BCUT2D eigenvalue weighted by molar-refractivity contribution is -0.133. The van der Waals surface area contributed by atoms with Crippen molar-refractivity contribution >= 4 is 16.8 Å². The summed E-state index contributed by atoms with van der Waals surface area (Å²) in [6.45, 7) is 7.39. The van der Waals surface area contributed by atoms with Gasteiger partial charge in [-0.25, -0.2) is 4.98 Å². The van der Waals surface area contributed by atoms with Gasteiger partial charge in [-0.15, -0.1) is 0 Å². The van der Waals surface area contributed by atoms with Crippen LogP contribution < -0.4 is 5.56 Å². The number of aromatic nitrogens is 2. The Morgan fingerprint density at radius 2 is 1.66 bits per heavy atom. The molecule has 0 fully saturated rings. The zero-order valence-electron chi connectivity index (χ0n) is 19.6. The summed E-state index contributed by atoms with van der Waals surface area (Å²) in [5, 5.41) is 0.605. The quantitative estimate of drug-likeness (QED) is 0.364. The molecule has 1 atom stereocenters. The van der Waals surface area contributed by atoms with Crippen LogP contribution in [0, 0.1) is 0 Å². The van der Waals surface area contributed by atoms with Gasteiger partial charge in [-0.1, -0.05) is 75.6 Å². The summed E-state index contributed by atoms with van der Waals surface area (Å²) in [7, 11) is 0. The molecule has 1 amide bonds. The fourth-order valence-corrected chi connectivity index (χ4v) is 4.09. The summed E-state index contributed by atoms with van der Waals surface area (Å²) in [4.78, 5) is 33.5. The van der Waals surface area contributed by atoms with Gasteiger partial charge in [0, 0.05) is 13.0 Å². The van der Waals surface area contributed by atoms with Gasteiger partial charge in [0.1, 0.15) is 5.82 Å². The van der Waals surface area contributed by atoms with Crippen LogP contribution in [0.4, 0.5) is 0 Å². The molecule has 3 rings (SSSR count). The first-order chi connectivity index (χ1) is 15.6. The van der Waals surface area contributed by atoms with Crippen LogP contribution >= 0.6 is 0 Å². The highest BCUT2D eigenvalue weighted by atomic mass is 16.2. The lowest BCUT2D eigenvalue weighted by atomic mass is 10.1. The molecule has 0 spiro atoms. The molecule has 1 unspecified atom stereocenters. The standard InChI is InChI=1S/C27H35N3O2/c1-4-6-9-18-25(31)29(19-7-5-2)21(3)26-28-24-17-13-12-16-23(24)27(32)30(26)20-22-14-10-8-11-15-22/h8,10-17,21H,4-7,9,18-20H2,1-3H3. The van der Waals surface area contributed by atoms with E-state index in [0.29, 0.717) is 36.2 Å². The molecule has 0 saturated heterocycles. The smallest absolute Gasteiger partial charge is 0.261 e. The maximum Gasteiger partial charge on any atom is 0.261 e. The SMILES string of the molecule is CCCCCC(=O)N(CCCC)C(C)c1nc2ccccc2c(=O)n1Cc1ccccc1. The van der Waals surface area contributed by atoms with Crippen molar-refractivity contribution in [3.8, 4) is 0 Å². The van der Waals surface area contributed by atoms with Crippen molar-refractivity contribution in [1.82, 2.24) is 14.5 Å². The Morgan fingerprint density at radius 3 is 2.38 bits per heavy atom. The summed E-state index contributed by atoms with van der Waals surface area (Å²) in [6.07, 6.45) is 5.51. The Balaban J connectivity index is 2.05. The fraction of sp³-hybridized carbons (Fsp3) is 0.444. The molecule has 5 heteroatoms. The summed E-state index contributed by atoms with van der Waals surface area (Å²) >= 11 is 0. The monoisotopic (exact) mass is 433 g/mol. The second kappa shape index (κ2) is 11.6. The molecule has 3 aromatic rings. The first-order valence-corrected chi connectivity index (χ1v) is 11.9. The number of carbonyl (C=O) groups is 1. The first-order valence-electron chi connectivity index (χ1n) is 11.9. The van der Waals surface area contributed by atoms with E-state index in [1.807, 2.05) is 66.4 Å². The average molecular weight is 434 g/mol. The molecule has 0 saturated carbocycles. The van der Waals surface area contributed by atoms with Gasteiger partial charge in [0.05, 0.1) is 23.5 Å². The number of para-hydroxylation sites is 1. The third-order valence-electron chi connectivity index (χ3n) is 5.98. The molecule has 170 valence electrons. The van der Waals surface area contributed by atoms with Crippen LogP contribution in [0.1, 0.15) is 76.7 Å². The largest absolute Gasteiger partial charge is 0.333 e. The number of benzene rings is 2. The Labute approximate surface area is 191 Å². The highest BCUT2D eigenvalue weighted by Crippen LogP contribution is 2.23. The Kier molecular flexibility index (Phi) is 8.60. The van der Waals surface area contributed by atoms with Crippen molar-refractivity contribution < 1.29 is 4.79 Å². The van der Waals surface area contributed by atoms with Gasteiger partial charge in [-0.3, -0.25) is 14.2 Å². The zero-order chi connectivity index (χ0) is 22.9. The van der Waals surface area contributed by atoms with Crippen LogP contribution in [0.2, 0.25) is 0 Å². The molecule has 1 heterocycles. The molecular weight excluding hydrogens is 398 g/mol. The van der Waals surface area contributed by atoms with Gasteiger partial charge in [-0.2, -0.15) is 0 Å². The molecule has 32 heavy (non-hydrogen) atoms. The molecule has 5 nitrogen and oxygen atoms in total. The summed E-state index contributed by atoms with van der Waals surface area (Å²) in [5.74, 6) is 0.797. The van der Waals surface area contributed by atoms with Gasteiger partial charge < -0.3 is 4.90 Å². The van der Waals surface area contributed by atoms with Crippen LogP contribution in [0.3, 0.4) is 0 Å². The van der Waals surface area contributed by atoms with E-state index in [1.54, 1.807) is 4.57 Å². The Morgan fingerprint density at radius 1 is 0.969 bits per heavy atom. The number of carbonyl (C=O) groups excluding carboxylic acids is 1. The maximum atomic E-state index is 13.5. The van der Waals surface area contributed by atoms with Crippen molar-refractivity contribution in [2.24, 2.45) is 0 Å². The molecule has 2 aromatic carbocycles. The van der Waals surface area contributed by atoms with E-state index in [9.17, 15) is 9.59 Å². The number of fused-ring (bicyclic) bond motifs is 1. The van der Waals surface area contributed by atoms with Gasteiger partial charge in [0.2, 0.25) is 5.91 Å². The molecule has 0 N–H and O–H groups in total. The number of amides is 1. The van der Waals surface area contributed by atoms with E-state index in [2.05, 4.69) is 13.8 Å². The second-order valence-electron chi connectivity index (χ2n) is 8.44. The normalized spacial score (nSPS) is 12.1.